The third-order valence-corrected chi connectivity index (χ3v) is 3.54. The van der Waals surface area contributed by atoms with Crippen LogP contribution in [0.2, 0.25) is 0 Å². The van der Waals surface area contributed by atoms with Gasteiger partial charge in [-0.2, -0.15) is 0 Å². The van der Waals surface area contributed by atoms with Crippen LogP contribution in [0.25, 0.3) is 0 Å². The van der Waals surface area contributed by atoms with Gasteiger partial charge in [0.15, 0.2) is 0 Å². The molecule has 0 saturated carbocycles. The first-order chi connectivity index (χ1) is 8.79. The van der Waals surface area contributed by atoms with Gasteiger partial charge in [-0.15, -0.1) is 11.6 Å². The van der Waals surface area contributed by atoms with Gasteiger partial charge in [-0.25, -0.2) is 9.97 Å². The van der Waals surface area contributed by atoms with Gasteiger partial charge in [0.05, 0.1) is 11.8 Å². The van der Waals surface area contributed by atoms with Gasteiger partial charge in [-0.1, -0.05) is 18.2 Å². The van der Waals surface area contributed by atoms with E-state index in [9.17, 15) is 0 Å². The number of halogens is 1. The van der Waals surface area contributed by atoms with Crippen LogP contribution in [0.1, 0.15) is 28.6 Å². The van der Waals surface area contributed by atoms with Crippen LogP contribution >= 0.6 is 11.6 Å². The Morgan fingerprint density at radius 3 is 3.00 bits per heavy atom. The van der Waals surface area contributed by atoms with Crippen LogP contribution in [-0.4, -0.2) is 16.6 Å². The van der Waals surface area contributed by atoms with Gasteiger partial charge in [0.25, 0.3) is 0 Å². The van der Waals surface area contributed by atoms with Gasteiger partial charge in [-0.3, -0.25) is 0 Å². The van der Waals surface area contributed by atoms with E-state index in [4.69, 9.17) is 16.3 Å². The standard InChI is InChI=1S/C14H13ClN2O/c1-9-10(6-15)7-16-14(17-9)12-8-18-13-5-3-2-4-11(12)13/h2-5,7,12H,6,8H2,1H3. The number of benzene rings is 1. The maximum absolute atomic E-state index is 5.82. The molecule has 1 unspecified atom stereocenters. The predicted molar refractivity (Wildman–Crippen MR) is 70.1 cm³/mol. The average Bonchev–Trinajstić information content (AvgIpc) is 2.82. The van der Waals surface area contributed by atoms with Crippen molar-refractivity contribution in [3.8, 4) is 5.75 Å². The summed E-state index contributed by atoms with van der Waals surface area (Å²) in [6.45, 7) is 2.57. The fourth-order valence-electron chi connectivity index (χ4n) is 2.19. The molecule has 92 valence electrons. The third kappa shape index (κ3) is 1.85. The minimum Gasteiger partial charge on any atom is -0.492 e. The van der Waals surface area contributed by atoms with Crippen LogP contribution in [0.15, 0.2) is 30.5 Å². The van der Waals surface area contributed by atoms with E-state index in [1.807, 2.05) is 31.3 Å². The van der Waals surface area contributed by atoms with Crippen molar-refractivity contribution < 1.29 is 4.74 Å². The Bertz CT molecular complexity index is 586. The Kier molecular flexibility index (Phi) is 2.92. The first-order valence-corrected chi connectivity index (χ1v) is 6.43. The van der Waals surface area contributed by atoms with Gasteiger partial charge in [0, 0.05) is 23.0 Å². The van der Waals surface area contributed by atoms with Crippen molar-refractivity contribution in [2.75, 3.05) is 6.61 Å². The molecule has 4 heteroatoms. The van der Waals surface area contributed by atoms with E-state index >= 15 is 0 Å². The van der Waals surface area contributed by atoms with Crippen LogP contribution in [0.4, 0.5) is 0 Å². The monoisotopic (exact) mass is 260 g/mol. The number of hydrogen-bond donors (Lipinski definition) is 0. The van der Waals surface area contributed by atoms with Gasteiger partial charge < -0.3 is 4.74 Å². The van der Waals surface area contributed by atoms with Crippen LogP contribution in [0.3, 0.4) is 0 Å². The molecule has 0 radical (unpaired) electrons. The van der Waals surface area contributed by atoms with Crippen LogP contribution in [0.5, 0.6) is 5.75 Å². The molecule has 2 aromatic rings. The summed E-state index contributed by atoms with van der Waals surface area (Å²) in [5.41, 5.74) is 3.09. The van der Waals surface area contributed by atoms with E-state index in [2.05, 4.69) is 16.0 Å². The van der Waals surface area contributed by atoms with Crippen molar-refractivity contribution in [3.05, 3.63) is 53.1 Å². The highest BCUT2D eigenvalue weighted by molar-refractivity contribution is 6.17. The average molecular weight is 261 g/mol. The lowest BCUT2D eigenvalue weighted by Crippen LogP contribution is -2.09. The second-order valence-electron chi connectivity index (χ2n) is 4.37. The summed E-state index contributed by atoms with van der Waals surface area (Å²) in [6, 6.07) is 8.04. The lowest BCUT2D eigenvalue weighted by atomic mass is 10.0. The van der Waals surface area contributed by atoms with E-state index in [0.717, 1.165) is 28.4 Å². The van der Waals surface area contributed by atoms with Crippen molar-refractivity contribution in [2.24, 2.45) is 0 Å². The van der Waals surface area contributed by atoms with Crippen molar-refractivity contribution in [1.82, 2.24) is 9.97 Å². The van der Waals surface area contributed by atoms with Crippen molar-refractivity contribution >= 4 is 11.6 Å². The summed E-state index contributed by atoms with van der Waals surface area (Å²) in [6.07, 6.45) is 1.81. The van der Waals surface area contributed by atoms with Crippen LogP contribution in [-0.2, 0) is 5.88 Å². The number of hydrogen-bond acceptors (Lipinski definition) is 3. The van der Waals surface area contributed by atoms with E-state index in [-0.39, 0.29) is 5.92 Å². The maximum atomic E-state index is 5.82. The van der Waals surface area contributed by atoms with Crippen LogP contribution < -0.4 is 4.74 Å². The molecule has 0 amide bonds. The molecular weight excluding hydrogens is 248 g/mol. The summed E-state index contributed by atoms with van der Waals surface area (Å²) in [7, 11) is 0. The van der Waals surface area contributed by atoms with Gasteiger partial charge in [0.1, 0.15) is 18.2 Å². The van der Waals surface area contributed by atoms with Gasteiger partial charge in [0.2, 0.25) is 0 Å². The fourth-order valence-corrected chi connectivity index (χ4v) is 2.45. The molecule has 2 heterocycles. The Labute approximate surface area is 111 Å². The fraction of sp³-hybridized carbons (Fsp3) is 0.286. The number of fused-ring (bicyclic) bond motifs is 1. The molecule has 1 aliphatic heterocycles. The molecule has 1 aromatic heterocycles. The Morgan fingerprint density at radius 1 is 1.39 bits per heavy atom. The molecule has 3 rings (SSSR count). The number of ether oxygens (including phenoxy) is 1. The zero-order valence-corrected chi connectivity index (χ0v) is 10.8. The number of nitrogens with zero attached hydrogens (tertiary/aromatic N) is 2. The summed E-state index contributed by atoms with van der Waals surface area (Å²) in [5.74, 6) is 2.32. The highest BCUT2D eigenvalue weighted by atomic mass is 35.5. The maximum Gasteiger partial charge on any atom is 0.139 e. The SMILES string of the molecule is Cc1nc(C2COc3ccccc32)ncc1CCl. The van der Waals surface area contributed by atoms with Crippen molar-refractivity contribution in [1.29, 1.82) is 0 Å². The van der Waals surface area contributed by atoms with E-state index < -0.39 is 0 Å². The highest BCUT2D eigenvalue weighted by Crippen LogP contribution is 2.36. The van der Waals surface area contributed by atoms with E-state index in [1.165, 1.54) is 0 Å². The molecular formula is C14H13ClN2O. The molecule has 0 spiro atoms. The lowest BCUT2D eigenvalue weighted by molar-refractivity contribution is 0.339. The first-order valence-electron chi connectivity index (χ1n) is 5.89. The number of alkyl halides is 1. The molecule has 0 N–H and O–H groups in total. The summed E-state index contributed by atoms with van der Waals surface area (Å²) < 4.78 is 5.66. The largest absolute Gasteiger partial charge is 0.492 e. The topological polar surface area (TPSA) is 35.0 Å². The minimum absolute atomic E-state index is 0.129. The number of aromatic nitrogens is 2. The van der Waals surface area contributed by atoms with Gasteiger partial charge in [-0.05, 0) is 13.0 Å². The quantitative estimate of drug-likeness (QED) is 0.779. The predicted octanol–water partition coefficient (Wildman–Crippen LogP) is 3.05. The first kappa shape index (κ1) is 11.5. The molecule has 3 nitrogen and oxygen atoms in total. The van der Waals surface area contributed by atoms with E-state index in [1.54, 1.807) is 0 Å². The molecule has 18 heavy (non-hydrogen) atoms. The highest BCUT2D eigenvalue weighted by Gasteiger charge is 2.27. The smallest absolute Gasteiger partial charge is 0.139 e. The summed E-state index contributed by atoms with van der Waals surface area (Å²) in [5, 5.41) is 0. The number of para-hydroxylation sites is 1. The number of rotatable bonds is 2. The van der Waals surface area contributed by atoms with Crippen molar-refractivity contribution in [3.63, 3.8) is 0 Å². The molecule has 0 fully saturated rings. The molecule has 0 aliphatic carbocycles. The Hall–Kier alpha value is -1.61. The lowest BCUT2D eigenvalue weighted by Gasteiger charge is -2.09. The summed E-state index contributed by atoms with van der Waals surface area (Å²) in [4.78, 5) is 8.96. The zero-order valence-electron chi connectivity index (χ0n) is 10.1. The number of aryl methyl sites for hydroxylation is 1. The third-order valence-electron chi connectivity index (χ3n) is 3.26. The normalized spacial score (nSPS) is 17.3. The molecule has 1 aliphatic rings. The second-order valence-corrected chi connectivity index (χ2v) is 4.64. The van der Waals surface area contributed by atoms with Crippen molar-refractivity contribution in [2.45, 2.75) is 18.7 Å². The summed E-state index contributed by atoms with van der Waals surface area (Å²) >= 11 is 5.82. The second kappa shape index (κ2) is 4.58. The van der Waals surface area contributed by atoms with Gasteiger partial charge >= 0.3 is 0 Å². The molecule has 0 saturated heterocycles. The Morgan fingerprint density at radius 2 is 2.22 bits per heavy atom. The van der Waals surface area contributed by atoms with E-state index in [0.29, 0.717) is 12.5 Å². The zero-order chi connectivity index (χ0) is 12.5. The van der Waals surface area contributed by atoms with Crippen LogP contribution in [0, 0.1) is 6.92 Å². The Balaban J connectivity index is 2.00. The molecule has 1 atom stereocenters. The minimum atomic E-state index is 0.129. The molecule has 0 bridgehead atoms. The molecule has 1 aromatic carbocycles.